The minimum absolute atomic E-state index is 0.0643. The second-order valence-corrected chi connectivity index (χ2v) is 12.9. The van der Waals surface area contributed by atoms with Gasteiger partial charge in [0.1, 0.15) is 12.1 Å². The number of rotatable bonds is 12. The monoisotopic (exact) mass is 608 g/mol. The molecule has 8 atom stereocenters. The van der Waals surface area contributed by atoms with Crippen LogP contribution in [0.4, 0.5) is 4.39 Å². The molecule has 0 bridgehead atoms. The molecule has 0 aromatic carbocycles. The number of unbranched alkanes of at least 4 members (excludes halogenated alkanes) is 2. The van der Waals surface area contributed by atoms with E-state index in [9.17, 15) is 39.5 Å². The summed E-state index contributed by atoms with van der Waals surface area (Å²) in [4.78, 5) is 64.1. The molecule has 3 fully saturated rings. The number of nitrogens with one attached hydrogen (secondary N) is 1. The first-order valence-corrected chi connectivity index (χ1v) is 14.9. The normalized spacial score (nSPS) is 37.8. The zero-order valence-corrected chi connectivity index (χ0v) is 24.8. The number of alkyl halides is 1. The number of halogens is 1. The number of ketones is 2. The lowest BCUT2D eigenvalue weighted by molar-refractivity contribution is -0.757. The van der Waals surface area contributed by atoms with Crippen molar-refractivity contribution < 1.29 is 48.4 Å². The number of Topliss-reactive ketones (excluding diaryl/α,β-unsaturated/α-hetero) is 1. The van der Waals surface area contributed by atoms with Crippen LogP contribution in [0, 0.1) is 38.7 Å². The Bertz CT molecular complexity index is 1240. The maximum Gasteiger partial charge on any atom is 0.325 e. The number of carbonyl (C=O) groups excluding carboxylic acids is 4. The van der Waals surface area contributed by atoms with Gasteiger partial charge in [-0.2, -0.15) is 0 Å². The number of allylic oxidation sites excluding steroid dienone is 4. The fourth-order valence-corrected chi connectivity index (χ4v) is 8.41. The van der Waals surface area contributed by atoms with Crippen LogP contribution in [0.15, 0.2) is 23.8 Å². The lowest BCUT2D eigenvalue weighted by atomic mass is 9.44. The number of esters is 1. The van der Waals surface area contributed by atoms with Gasteiger partial charge in [-0.15, -0.1) is 10.1 Å². The standard InChI is InChI=1S/C30H41FN2O10/c1-18-13-22-21-9-8-19-14-20(34)10-11-27(19,2)29(21,31)23(35)15-28(22,3)30(18,39)24(36)17-42-26(38)16-32-25(37)7-5-4-6-12-43-33(40)41/h10-11,14,18,21-23,35,39H,4-9,12-13,15-17H2,1-3H3,(H,32,37)/t18-,21?,22?,23+,27+,28+,29+,30+/m1/s1. The topological polar surface area (TPSA) is 182 Å². The Labute approximate surface area is 249 Å². The van der Waals surface area contributed by atoms with Crippen molar-refractivity contribution in [3.8, 4) is 0 Å². The Kier molecular flexibility index (Phi) is 9.18. The summed E-state index contributed by atoms with van der Waals surface area (Å²) in [6, 6.07) is 0. The molecule has 4 aliphatic carbocycles. The van der Waals surface area contributed by atoms with Gasteiger partial charge in [-0.1, -0.05) is 31.9 Å². The van der Waals surface area contributed by atoms with Gasteiger partial charge in [-0.25, -0.2) is 4.39 Å². The highest BCUT2D eigenvalue weighted by molar-refractivity contribution is 6.01. The van der Waals surface area contributed by atoms with Gasteiger partial charge in [0.25, 0.3) is 5.09 Å². The van der Waals surface area contributed by atoms with Crippen LogP contribution in [0.25, 0.3) is 0 Å². The molecule has 3 saturated carbocycles. The summed E-state index contributed by atoms with van der Waals surface area (Å²) in [5.74, 6) is -4.00. The Balaban J connectivity index is 1.36. The van der Waals surface area contributed by atoms with Crippen molar-refractivity contribution >= 4 is 23.4 Å². The van der Waals surface area contributed by atoms with Crippen LogP contribution >= 0.6 is 0 Å². The first kappa shape index (κ1) is 32.7. The molecule has 0 aliphatic heterocycles. The van der Waals surface area contributed by atoms with Gasteiger partial charge in [-0.3, -0.25) is 19.2 Å². The Morgan fingerprint density at radius 3 is 2.63 bits per heavy atom. The molecule has 43 heavy (non-hydrogen) atoms. The highest BCUT2D eigenvalue weighted by Crippen LogP contribution is 2.70. The highest BCUT2D eigenvalue weighted by Gasteiger charge is 2.75. The molecule has 1 amide bonds. The summed E-state index contributed by atoms with van der Waals surface area (Å²) in [6.45, 7) is 3.80. The van der Waals surface area contributed by atoms with Gasteiger partial charge in [0.05, 0.1) is 12.7 Å². The Morgan fingerprint density at radius 2 is 1.93 bits per heavy atom. The molecule has 0 aromatic heterocycles. The molecule has 13 heteroatoms. The van der Waals surface area contributed by atoms with Crippen LogP contribution in [0.1, 0.15) is 72.1 Å². The highest BCUT2D eigenvalue weighted by atomic mass is 19.1. The third-order valence-corrected chi connectivity index (χ3v) is 10.7. The molecule has 4 rings (SSSR count). The van der Waals surface area contributed by atoms with Crippen molar-refractivity contribution in [1.29, 1.82) is 0 Å². The van der Waals surface area contributed by atoms with Crippen LogP contribution in [-0.4, -0.2) is 75.9 Å². The lowest BCUT2D eigenvalue weighted by Gasteiger charge is -2.62. The summed E-state index contributed by atoms with van der Waals surface area (Å²) in [5.41, 5.74) is -5.83. The maximum atomic E-state index is 17.3. The summed E-state index contributed by atoms with van der Waals surface area (Å²) in [6.07, 6.45) is 5.21. The fourth-order valence-electron chi connectivity index (χ4n) is 8.41. The largest absolute Gasteiger partial charge is 0.456 e. The summed E-state index contributed by atoms with van der Waals surface area (Å²) in [7, 11) is 0. The number of aliphatic hydroxyl groups is 2. The zero-order valence-electron chi connectivity index (χ0n) is 24.8. The van der Waals surface area contributed by atoms with E-state index in [-0.39, 0.29) is 25.2 Å². The van der Waals surface area contributed by atoms with Crippen molar-refractivity contribution in [2.45, 2.75) is 89.5 Å². The number of ether oxygens (including phenoxy) is 1. The van der Waals surface area contributed by atoms with E-state index in [0.717, 1.165) is 0 Å². The van der Waals surface area contributed by atoms with E-state index in [2.05, 4.69) is 10.2 Å². The van der Waals surface area contributed by atoms with E-state index >= 15 is 4.39 Å². The van der Waals surface area contributed by atoms with Crippen molar-refractivity contribution in [2.24, 2.45) is 28.6 Å². The van der Waals surface area contributed by atoms with Crippen LogP contribution in [0.3, 0.4) is 0 Å². The van der Waals surface area contributed by atoms with Crippen molar-refractivity contribution in [1.82, 2.24) is 5.32 Å². The minimum atomic E-state index is -2.10. The van der Waals surface area contributed by atoms with Crippen LogP contribution in [0.2, 0.25) is 0 Å². The van der Waals surface area contributed by atoms with Gasteiger partial charge in [0, 0.05) is 23.2 Å². The van der Waals surface area contributed by atoms with Gasteiger partial charge in [0.15, 0.2) is 18.1 Å². The molecule has 4 aliphatic rings. The van der Waals surface area contributed by atoms with E-state index in [4.69, 9.17) is 4.74 Å². The third-order valence-electron chi connectivity index (χ3n) is 10.7. The second kappa shape index (κ2) is 12.1. The number of nitrogens with zero attached hydrogens (tertiary/aromatic N) is 1. The molecular formula is C30H41FN2O10. The summed E-state index contributed by atoms with van der Waals surface area (Å²) >= 11 is 0. The number of hydrogen-bond acceptors (Lipinski definition) is 10. The minimum Gasteiger partial charge on any atom is -0.456 e. The fraction of sp³-hybridized carbons (Fsp3) is 0.733. The first-order valence-electron chi connectivity index (χ1n) is 14.9. The van der Waals surface area contributed by atoms with Gasteiger partial charge in [-0.05, 0) is 69.4 Å². The molecule has 0 radical (unpaired) electrons. The van der Waals surface area contributed by atoms with Gasteiger partial charge >= 0.3 is 5.97 Å². The van der Waals surface area contributed by atoms with Gasteiger partial charge in [0.2, 0.25) is 11.7 Å². The van der Waals surface area contributed by atoms with Crippen LogP contribution in [-0.2, 0) is 28.8 Å². The predicted molar refractivity (Wildman–Crippen MR) is 148 cm³/mol. The van der Waals surface area contributed by atoms with Crippen LogP contribution < -0.4 is 5.32 Å². The molecule has 0 heterocycles. The van der Waals surface area contributed by atoms with Gasteiger partial charge < -0.3 is 25.1 Å². The van der Waals surface area contributed by atoms with E-state index < -0.39 is 81.9 Å². The van der Waals surface area contributed by atoms with Crippen molar-refractivity contribution in [2.75, 3.05) is 19.8 Å². The van der Waals surface area contributed by atoms with E-state index in [1.807, 2.05) is 0 Å². The summed E-state index contributed by atoms with van der Waals surface area (Å²) < 4.78 is 22.4. The lowest BCUT2D eigenvalue weighted by Crippen LogP contribution is -2.69. The average molecular weight is 609 g/mol. The molecule has 0 saturated heterocycles. The number of amides is 1. The maximum absolute atomic E-state index is 17.3. The number of hydrogen-bond donors (Lipinski definition) is 3. The molecule has 12 nitrogen and oxygen atoms in total. The predicted octanol–water partition coefficient (Wildman–Crippen LogP) is 2.33. The Hall–Kier alpha value is -3.19. The molecule has 0 spiro atoms. The summed E-state index contributed by atoms with van der Waals surface area (Å²) in [5, 5.41) is 35.0. The quantitative estimate of drug-likeness (QED) is 0.129. The number of carbonyl (C=O) groups is 4. The molecule has 0 aromatic rings. The Morgan fingerprint density at radius 1 is 1.21 bits per heavy atom. The molecular weight excluding hydrogens is 567 g/mol. The zero-order chi connectivity index (χ0) is 31.8. The number of fused-ring (bicyclic) bond motifs is 5. The average Bonchev–Trinajstić information content (AvgIpc) is 3.14. The molecule has 3 N–H and O–H groups in total. The second-order valence-electron chi connectivity index (χ2n) is 12.9. The van der Waals surface area contributed by atoms with E-state index in [1.165, 1.54) is 12.2 Å². The smallest absolute Gasteiger partial charge is 0.325 e. The number of aliphatic hydroxyl groups excluding tert-OH is 1. The van der Waals surface area contributed by atoms with Crippen molar-refractivity contribution in [3.63, 3.8) is 0 Å². The molecule has 238 valence electrons. The van der Waals surface area contributed by atoms with E-state index in [0.29, 0.717) is 44.1 Å². The SMILES string of the molecule is C[C@@H]1CC2C3CCC4=CC(=O)C=C[C@]4(C)[C@@]3(F)[C@@H](O)C[C@]2(C)[C@@]1(O)C(=O)COC(=O)CNC(=O)CCCCCO[N+](=O)[O-]. The van der Waals surface area contributed by atoms with Crippen LogP contribution in [0.5, 0.6) is 0 Å². The third kappa shape index (κ3) is 5.50. The van der Waals surface area contributed by atoms with E-state index in [1.54, 1.807) is 26.8 Å². The molecule has 2 unspecified atom stereocenters. The van der Waals surface area contributed by atoms with Crippen molar-refractivity contribution in [3.05, 3.63) is 33.9 Å². The first-order chi connectivity index (χ1) is 20.1.